The molecule has 4 aromatic rings. The third-order valence-corrected chi connectivity index (χ3v) is 15.4. The lowest BCUT2D eigenvalue weighted by Crippen LogP contribution is -2.64. The van der Waals surface area contributed by atoms with E-state index in [-0.39, 0.29) is 39.7 Å². The SMILES string of the molecule is Cc1cc(Nc2ncc(Cl)c(Nc3ccccc3S(=O)(=O)C(C)C)n2)c(OC(C)C)cc1C1CCN(C2CN(C3CCN(c4ccc(NC5CCC(=O)NC5=O)cc4)CC3)C2)CC1. The highest BCUT2D eigenvalue weighted by atomic mass is 35.5. The molecular formula is C47H60ClN9O5S. The van der Waals surface area contributed by atoms with Gasteiger partial charge in [-0.15, -0.1) is 0 Å². The van der Waals surface area contributed by atoms with Crippen molar-refractivity contribution in [3.8, 4) is 5.75 Å². The number of hydrogen-bond donors (Lipinski definition) is 4. The number of sulfone groups is 1. The second kappa shape index (κ2) is 19.0. The Balaban J connectivity index is 0.834. The molecule has 1 aromatic heterocycles. The smallest absolute Gasteiger partial charge is 0.249 e. The maximum atomic E-state index is 13.1. The summed E-state index contributed by atoms with van der Waals surface area (Å²) in [6.07, 6.45) is 6.80. The largest absolute Gasteiger partial charge is 0.489 e. The van der Waals surface area contributed by atoms with Crippen LogP contribution in [0.3, 0.4) is 0 Å². The number of likely N-dealkylation sites (tertiary alicyclic amines) is 2. The van der Waals surface area contributed by atoms with Crippen LogP contribution in [-0.2, 0) is 19.4 Å². The van der Waals surface area contributed by atoms with Gasteiger partial charge in [-0.05, 0) is 145 Å². The molecule has 0 saturated carbocycles. The first kappa shape index (κ1) is 44.6. The predicted molar refractivity (Wildman–Crippen MR) is 250 cm³/mol. The molecular weight excluding hydrogens is 838 g/mol. The van der Waals surface area contributed by atoms with Crippen LogP contribution in [0.5, 0.6) is 5.75 Å². The Morgan fingerprint density at radius 3 is 2.24 bits per heavy atom. The first-order valence-corrected chi connectivity index (χ1v) is 24.3. The molecule has 3 aromatic carbocycles. The molecule has 8 rings (SSSR count). The monoisotopic (exact) mass is 897 g/mol. The van der Waals surface area contributed by atoms with Crippen molar-refractivity contribution < 1.29 is 22.7 Å². The summed E-state index contributed by atoms with van der Waals surface area (Å²) in [6.45, 7) is 16.0. The van der Waals surface area contributed by atoms with Crippen LogP contribution in [0.25, 0.3) is 0 Å². The lowest BCUT2D eigenvalue weighted by atomic mass is 9.85. The van der Waals surface area contributed by atoms with Crippen molar-refractivity contribution in [1.29, 1.82) is 0 Å². The van der Waals surface area contributed by atoms with Crippen molar-refractivity contribution in [2.24, 2.45) is 0 Å². The average molecular weight is 899 g/mol. The molecule has 1 unspecified atom stereocenters. The van der Waals surface area contributed by atoms with Crippen molar-refractivity contribution in [2.45, 2.75) is 113 Å². The van der Waals surface area contributed by atoms with Crippen LogP contribution in [0.1, 0.15) is 83.3 Å². The number of para-hydroxylation sites is 1. The Morgan fingerprint density at radius 2 is 1.56 bits per heavy atom. The quantitative estimate of drug-likeness (QED) is 0.0916. The number of nitrogens with one attached hydrogen (secondary N) is 4. The van der Waals surface area contributed by atoms with E-state index in [0.29, 0.717) is 42.5 Å². The van der Waals surface area contributed by atoms with E-state index in [1.807, 2.05) is 26.0 Å². The fourth-order valence-corrected chi connectivity index (χ4v) is 10.7. The van der Waals surface area contributed by atoms with Gasteiger partial charge in [0.2, 0.25) is 17.8 Å². The summed E-state index contributed by atoms with van der Waals surface area (Å²) in [7, 11) is -3.56. The van der Waals surface area contributed by atoms with E-state index in [0.717, 1.165) is 82.1 Å². The molecule has 4 fully saturated rings. The van der Waals surface area contributed by atoms with E-state index in [9.17, 15) is 18.0 Å². The summed E-state index contributed by atoms with van der Waals surface area (Å²) in [5.74, 6) is 1.29. The summed E-state index contributed by atoms with van der Waals surface area (Å²) in [6, 6.07) is 20.2. The zero-order chi connectivity index (χ0) is 44.4. The number of carbonyl (C=O) groups is 2. The molecule has 14 nitrogen and oxygen atoms in total. The number of halogens is 1. The third-order valence-electron chi connectivity index (χ3n) is 13.0. The number of aryl methyl sites for hydroxylation is 1. The topological polar surface area (TPSA) is 161 Å². The Morgan fingerprint density at radius 1 is 0.841 bits per heavy atom. The first-order chi connectivity index (χ1) is 30.2. The van der Waals surface area contributed by atoms with Gasteiger partial charge in [-0.25, -0.2) is 13.4 Å². The molecule has 0 radical (unpaired) electrons. The molecule has 0 aliphatic carbocycles. The highest BCUT2D eigenvalue weighted by Crippen LogP contribution is 2.40. The van der Waals surface area contributed by atoms with E-state index in [1.165, 1.54) is 23.0 Å². The Bertz CT molecular complexity index is 2390. The lowest BCUT2D eigenvalue weighted by Gasteiger charge is -2.52. The molecule has 4 saturated heterocycles. The van der Waals surface area contributed by atoms with Crippen LogP contribution in [0.2, 0.25) is 5.02 Å². The minimum Gasteiger partial charge on any atom is -0.489 e. The standard InChI is InChI=1S/C47H60ClN9O5S/c1-29(2)62-42-25-37(31(5)24-41(42)52-47-49-26-38(48)45(54-47)51-39-8-6-7-9-43(39)63(60,61)30(3)4)32-16-20-56(21-17-32)36-27-57(28-36)35-18-22-55(23-19-35)34-12-10-33(11-13-34)50-40-14-15-44(58)53-46(40)59/h6-13,24-26,29-30,32,35-36,40,50H,14-23,27-28H2,1-5H3,(H,53,58,59)(H2,49,51,52,54). The molecule has 2 amide bonds. The number of nitrogens with zero attached hydrogens (tertiary/aromatic N) is 5. The van der Waals surface area contributed by atoms with E-state index in [1.54, 1.807) is 38.1 Å². The zero-order valence-corrected chi connectivity index (χ0v) is 38.4. The highest BCUT2D eigenvalue weighted by Gasteiger charge is 2.39. The van der Waals surface area contributed by atoms with Gasteiger partial charge in [-0.3, -0.25) is 24.7 Å². The maximum absolute atomic E-state index is 13.1. The molecule has 63 heavy (non-hydrogen) atoms. The van der Waals surface area contributed by atoms with E-state index in [4.69, 9.17) is 16.3 Å². The summed E-state index contributed by atoms with van der Waals surface area (Å²) in [5.41, 5.74) is 5.71. The first-order valence-electron chi connectivity index (χ1n) is 22.4. The lowest BCUT2D eigenvalue weighted by molar-refractivity contribution is -0.133. The second-order valence-electron chi connectivity index (χ2n) is 17.9. The third kappa shape index (κ3) is 10.2. The summed E-state index contributed by atoms with van der Waals surface area (Å²) >= 11 is 6.54. The fraction of sp³-hybridized carbons (Fsp3) is 0.489. The minimum absolute atomic E-state index is 0.0536. The Kier molecular flexibility index (Phi) is 13.5. The summed E-state index contributed by atoms with van der Waals surface area (Å²) in [4.78, 5) is 40.8. The summed E-state index contributed by atoms with van der Waals surface area (Å²) < 4.78 is 32.6. The van der Waals surface area contributed by atoms with Gasteiger partial charge in [0.25, 0.3) is 0 Å². The molecule has 16 heteroatoms. The van der Waals surface area contributed by atoms with Crippen molar-refractivity contribution in [1.82, 2.24) is 25.1 Å². The van der Waals surface area contributed by atoms with Crippen LogP contribution < -0.4 is 30.9 Å². The molecule has 336 valence electrons. The molecule has 0 spiro atoms. The number of imide groups is 1. The predicted octanol–water partition coefficient (Wildman–Crippen LogP) is 7.64. The molecule has 4 aliphatic heterocycles. The highest BCUT2D eigenvalue weighted by molar-refractivity contribution is 7.92. The number of rotatable bonds is 14. The van der Waals surface area contributed by atoms with E-state index < -0.39 is 15.1 Å². The number of aromatic nitrogens is 2. The number of anilines is 6. The fourth-order valence-electron chi connectivity index (χ4n) is 9.31. The average Bonchev–Trinajstić information content (AvgIpc) is 3.24. The van der Waals surface area contributed by atoms with Gasteiger partial charge in [0.15, 0.2) is 15.7 Å². The Hall–Kier alpha value is -4.96. The van der Waals surface area contributed by atoms with Gasteiger partial charge in [-0.2, -0.15) is 4.98 Å². The van der Waals surface area contributed by atoms with Crippen LogP contribution >= 0.6 is 11.6 Å². The van der Waals surface area contributed by atoms with Crippen molar-refractivity contribution in [2.75, 3.05) is 60.1 Å². The van der Waals surface area contributed by atoms with Crippen LogP contribution in [-0.4, -0.2) is 109 Å². The van der Waals surface area contributed by atoms with Gasteiger partial charge in [0, 0.05) is 56.1 Å². The van der Waals surface area contributed by atoms with Crippen LogP contribution in [0.15, 0.2) is 71.8 Å². The molecule has 5 heterocycles. The zero-order valence-electron chi connectivity index (χ0n) is 36.9. The number of piperidine rings is 3. The van der Waals surface area contributed by atoms with E-state index in [2.05, 4.69) is 77.1 Å². The van der Waals surface area contributed by atoms with Gasteiger partial charge in [0.05, 0.1) is 33.8 Å². The Labute approximate surface area is 376 Å². The van der Waals surface area contributed by atoms with Crippen molar-refractivity contribution in [3.63, 3.8) is 0 Å². The molecule has 4 N–H and O–H groups in total. The van der Waals surface area contributed by atoms with Crippen molar-refractivity contribution >= 4 is 67.8 Å². The number of amides is 2. The molecule has 0 bridgehead atoms. The minimum atomic E-state index is -3.56. The maximum Gasteiger partial charge on any atom is 0.249 e. The second-order valence-corrected chi connectivity index (χ2v) is 20.8. The van der Waals surface area contributed by atoms with E-state index >= 15 is 0 Å². The molecule has 4 aliphatic rings. The van der Waals surface area contributed by atoms with Crippen LogP contribution in [0.4, 0.5) is 34.5 Å². The summed E-state index contributed by atoms with van der Waals surface area (Å²) in [5, 5.41) is 11.9. The number of hydrogen-bond acceptors (Lipinski definition) is 13. The number of benzene rings is 3. The molecule has 1 atom stereocenters. The number of carbonyl (C=O) groups excluding carboxylic acids is 2. The van der Waals surface area contributed by atoms with Crippen LogP contribution in [0, 0.1) is 6.92 Å². The van der Waals surface area contributed by atoms with Gasteiger partial charge in [0.1, 0.15) is 16.8 Å². The normalized spacial score (nSPS) is 19.9. The van der Waals surface area contributed by atoms with Gasteiger partial charge in [-0.1, -0.05) is 23.7 Å². The van der Waals surface area contributed by atoms with Gasteiger partial charge >= 0.3 is 0 Å². The van der Waals surface area contributed by atoms with Gasteiger partial charge < -0.3 is 25.6 Å². The van der Waals surface area contributed by atoms with Crippen molar-refractivity contribution in [3.05, 3.63) is 83.0 Å². The number of ether oxygens (including phenoxy) is 1.